The van der Waals surface area contributed by atoms with Crippen molar-refractivity contribution in [2.24, 2.45) is 10.9 Å². The minimum Gasteiger partial charge on any atom is -0.481 e. The molecule has 1 aliphatic carbocycles. The van der Waals surface area contributed by atoms with Crippen molar-refractivity contribution < 1.29 is 18.7 Å². The molecule has 2 aliphatic heterocycles. The molecular formula is C27H19ClN2O5S. The van der Waals surface area contributed by atoms with Crippen molar-refractivity contribution in [2.45, 2.75) is 24.1 Å². The molecule has 1 spiro atoms. The second-order valence-corrected chi connectivity index (χ2v) is 10.7. The minimum absolute atomic E-state index is 0.211. The summed E-state index contributed by atoms with van der Waals surface area (Å²) in [5.74, 6) is 0.793. The van der Waals surface area contributed by atoms with E-state index in [-0.39, 0.29) is 5.56 Å². The summed E-state index contributed by atoms with van der Waals surface area (Å²) in [6.07, 6.45) is 1.72. The predicted octanol–water partition coefficient (Wildman–Crippen LogP) is 3.57. The number of methoxy groups -OCH3 is 1. The maximum Gasteiger partial charge on any atom is 0.315 e. The van der Waals surface area contributed by atoms with E-state index in [1.54, 1.807) is 22.8 Å². The predicted molar refractivity (Wildman–Crippen MR) is 134 cm³/mol. The van der Waals surface area contributed by atoms with Crippen LogP contribution in [0.15, 0.2) is 74.9 Å². The molecule has 7 nitrogen and oxygen atoms in total. The number of para-hydroxylation sites is 1. The van der Waals surface area contributed by atoms with Gasteiger partial charge in [-0.3, -0.25) is 14.2 Å². The smallest absolute Gasteiger partial charge is 0.315 e. The molecule has 4 aromatic rings. The highest BCUT2D eigenvalue weighted by Crippen LogP contribution is 2.70. The average molecular weight is 519 g/mol. The summed E-state index contributed by atoms with van der Waals surface area (Å²) < 4.78 is 19.7. The van der Waals surface area contributed by atoms with Gasteiger partial charge in [-0.1, -0.05) is 53.3 Å². The fourth-order valence-corrected chi connectivity index (χ4v) is 7.13. The molecule has 2 aromatic carbocycles. The summed E-state index contributed by atoms with van der Waals surface area (Å²) in [5, 5.41) is 0.585. The number of aromatic nitrogens is 1. The third-order valence-corrected chi connectivity index (χ3v) is 8.81. The number of thiazole rings is 1. The molecule has 0 N–H and O–H groups in total. The molecule has 180 valence electrons. The molecule has 0 unspecified atom stereocenters. The Morgan fingerprint density at radius 3 is 2.75 bits per heavy atom. The quantitative estimate of drug-likeness (QED) is 0.387. The first kappa shape index (κ1) is 21.6. The van der Waals surface area contributed by atoms with E-state index in [0.717, 1.165) is 11.1 Å². The molecule has 1 saturated carbocycles. The van der Waals surface area contributed by atoms with Gasteiger partial charge in [-0.25, -0.2) is 4.99 Å². The number of ether oxygens (including phenoxy) is 2. The molecule has 36 heavy (non-hydrogen) atoms. The summed E-state index contributed by atoms with van der Waals surface area (Å²) in [6.45, 7) is 1.90. The zero-order chi connectivity index (χ0) is 24.8. The molecular weight excluding hydrogens is 500 g/mol. The number of carbonyl (C=O) groups is 1. The summed E-state index contributed by atoms with van der Waals surface area (Å²) >= 11 is 7.58. The first-order valence-electron chi connectivity index (χ1n) is 11.4. The first-order chi connectivity index (χ1) is 17.4. The van der Waals surface area contributed by atoms with Crippen LogP contribution in [0.3, 0.4) is 0 Å². The number of nitrogens with zero attached hydrogens (tertiary/aromatic N) is 2. The van der Waals surface area contributed by atoms with E-state index in [2.05, 4.69) is 0 Å². The largest absolute Gasteiger partial charge is 0.481 e. The van der Waals surface area contributed by atoms with E-state index in [9.17, 15) is 9.59 Å². The first-order valence-corrected chi connectivity index (χ1v) is 12.6. The normalized spacial score (nSPS) is 27.2. The molecule has 0 bridgehead atoms. The fraction of sp³-hybridized carbons (Fsp3) is 0.222. The van der Waals surface area contributed by atoms with Crippen LogP contribution in [-0.4, -0.2) is 28.8 Å². The van der Waals surface area contributed by atoms with Gasteiger partial charge in [0.2, 0.25) is 0 Å². The number of hydrogen-bond donors (Lipinski definition) is 0. The number of rotatable bonds is 3. The summed E-state index contributed by atoms with van der Waals surface area (Å²) in [6, 6.07) is 18.1. The fourth-order valence-electron chi connectivity index (χ4n) is 5.83. The number of esters is 1. The Hall–Kier alpha value is -3.62. The van der Waals surface area contributed by atoms with Gasteiger partial charge in [-0.2, -0.15) is 0 Å². The molecule has 0 radical (unpaired) electrons. The monoisotopic (exact) mass is 518 g/mol. The molecule has 0 saturated heterocycles. The van der Waals surface area contributed by atoms with Crippen molar-refractivity contribution >= 4 is 35.0 Å². The summed E-state index contributed by atoms with van der Waals surface area (Å²) in [7, 11) is 1.36. The van der Waals surface area contributed by atoms with Crippen molar-refractivity contribution in [3.8, 4) is 17.1 Å². The van der Waals surface area contributed by atoms with Crippen LogP contribution in [0.25, 0.3) is 17.4 Å². The van der Waals surface area contributed by atoms with Crippen molar-refractivity contribution in [2.75, 3.05) is 7.11 Å². The number of carbonyl (C=O) groups excluding carboxylic acids is 1. The van der Waals surface area contributed by atoms with Crippen LogP contribution in [0.4, 0.5) is 0 Å². The summed E-state index contributed by atoms with van der Waals surface area (Å²) in [5.41, 5.74) is -0.422. The van der Waals surface area contributed by atoms with E-state index in [1.807, 2.05) is 55.5 Å². The van der Waals surface area contributed by atoms with E-state index >= 15 is 0 Å². The molecule has 1 fully saturated rings. The van der Waals surface area contributed by atoms with Gasteiger partial charge in [-0.15, -0.1) is 0 Å². The zero-order valence-corrected chi connectivity index (χ0v) is 20.8. The Kier molecular flexibility index (Phi) is 4.34. The van der Waals surface area contributed by atoms with E-state index in [4.69, 9.17) is 30.5 Å². The maximum absolute atomic E-state index is 13.8. The standard InChI is InChI=1S/C27H19ClN2O5S/c1-26-21(24(32)33-2)27(26)22(16-8-4-6-10-19(16)35-27)30-23(31)20(36-25(30)29-26)13-14-11-12-18(34-14)15-7-3-5-9-17(15)28/h3-13,21-22H,1-2H3/b20-13-/t21-,22+,26+,27+/m0/s1. The Balaban J connectivity index is 1.40. The van der Waals surface area contributed by atoms with Gasteiger partial charge in [0.15, 0.2) is 10.4 Å². The molecule has 9 heteroatoms. The van der Waals surface area contributed by atoms with Gasteiger partial charge >= 0.3 is 5.97 Å². The number of benzene rings is 2. The highest BCUT2D eigenvalue weighted by Gasteiger charge is 2.88. The van der Waals surface area contributed by atoms with Crippen LogP contribution in [0.1, 0.15) is 24.3 Å². The highest BCUT2D eigenvalue weighted by molar-refractivity contribution is 7.07. The highest BCUT2D eigenvalue weighted by atomic mass is 35.5. The number of halogens is 1. The van der Waals surface area contributed by atoms with Crippen LogP contribution in [0.5, 0.6) is 5.75 Å². The SMILES string of the molecule is COC(=O)[C@@H]1[C@@]23Oc4ccccc4[C@H]2n2c(s/c(=C\c4ccc(-c5ccccc5Cl)o4)c2=O)=N[C@]13C. The summed E-state index contributed by atoms with van der Waals surface area (Å²) in [4.78, 5) is 32.0. The lowest BCUT2D eigenvalue weighted by molar-refractivity contribution is -0.144. The lowest BCUT2D eigenvalue weighted by Gasteiger charge is -2.26. The van der Waals surface area contributed by atoms with Gasteiger partial charge in [0.1, 0.15) is 34.8 Å². The van der Waals surface area contributed by atoms with Gasteiger partial charge in [-0.05, 0) is 37.3 Å². The van der Waals surface area contributed by atoms with Crippen LogP contribution in [0, 0.1) is 5.92 Å². The molecule has 2 aromatic heterocycles. The zero-order valence-electron chi connectivity index (χ0n) is 19.2. The Labute approximate surface area is 213 Å². The molecule has 4 atom stereocenters. The third-order valence-electron chi connectivity index (χ3n) is 7.50. The van der Waals surface area contributed by atoms with Gasteiger partial charge in [0.25, 0.3) is 5.56 Å². The Bertz CT molecular complexity index is 1770. The van der Waals surface area contributed by atoms with Crippen LogP contribution in [0.2, 0.25) is 5.02 Å². The van der Waals surface area contributed by atoms with Crippen LogP contribution >= 0.6 is 22.9 Å². The van der Waals surface area contributed by atoms with Crippen molar-refractivity contribution in [1.29, 1.82) is 0 Å². The van der Waals surface area contributed by atoms with Crippen LogP contribution in [-0.2, 0) is 9.53 Å². The van der Waals surface area contributed by atoms with Gasteiger partial charge in [0.05, 0.1) is 16.7 Å². The average Bonchev–Trinajstić information content (AvgIpc) is 3.27. The Morgan fingerprint density at radius 1 is 1.17 bits per heavy atom. The number of hydrogen-bond acceptors (Lipinski definition) is 7. The third kappa shape index (κ3) is 2.60. The second-order valence-electron chi connectivity index (χ2n) is 9.30. The Morgan fingerprint density at radius 2 is 1.94 bits per heavy atom. The van der Waals surface area contributed by atoms with E-state index in [1.165, 1.54) is 18.4 Å². The van der Waals surface area contributed by atoms with Crippen LogP contribution < -0.4 is 19.6 Å². The van der Waals surface area contributed by atoms with Crippen molar-refractivity contribution in [1.82, 2.24) is 4.57 Å². The van der Waals surface area contributed by atoms with Crippen molar-refractivity contribution in [3.63, 3.8) is 0 Å². The molecule has 4 heterocycles. The van der Waals surface area contributed by atoms with E-state index < -0.39 is 29.1 Å². The number of fused-ring (bicyclic) bond motifs is 4. The lowest BCUT2D eigenvalue weighted by Crippen LogP contribution is -2.47. The molecule has 7 rings (SSSR count). The second kappa shape index (κ2) is 7.21. The number of furan rings is 1. The minimum atomic E-state index is -0.999. The maximum atomic E-state index is 13.8. The molecule has 3 aliphatic rings. The molecule has 0 amide bonds. The van der Waals surface area contributed by atoms with Gasteiger partial charge < -0.3 is 13.9 Å². The van der Waals surface area contributed by atoms with E-state index in [0.29, 0.717) is 31.6 Å². The topological polar surface area (TPSA) is 83.0 Å². The van der Waals surface area contributed by atoms with Crippen molar-refractivity contribution in [3.05, 3.63) is 96.7 Å². The lowest BCUT2D eigenvalue weighted by atomic mass is 9.97. The van der Waals surface area contributed by atoms with Gasteiger partial charge in [0, 0.05) is 17.2 Å².